The maximum absolute atomic E-state index is 14.3. The summed E-state index contributed by atoms with van der Waals surface area (Å²) in [6.07, 6.45) is 4.37. The van der Waals surface area contributed by atoms with Crippen LogP contribution < -0.4 is 20.1 Å². The van der Waals surface area contributed by atoms with Crippen LogP contribution in [0.4, 0.5) is 0 Å². The van der Waals surface area contributed by atoms with Gasteiger partial charge in [0.15, 0.2) is 11.5 Å². The van der Waals surface area contributed by atoms with Crippen LogP contribution in [0.25, 0.3) is 0 Å². The van der Waals surface area contributed by atoms with E-state index < -0.39 is 70.8 Å². The number of methoxy groups -OCH3 is 2. The Labute approximate surface area is 471 Å². The molecule has 0 aromatic heterocycles. The topological polar surface area (TPSA) is 225 Å². The number of nitrogens with zero attached hydrogens (tertiary/aromatic N) is 4. The van der Waals surface area contributed by atoms with Crippen molar-refractivity contribution < 1.29 is 58.0 Å². The van der Waals surface area contributed by atoms with E-state index in [0.717, 1.165) is 36.0 Å². The number of amides is 4. The van der Waals surface area contributed by atoms with Gasteiger partial charge in [-0.3, -0.25) is 28.9 Å². The number of thioether (sulfide) groups is 1. The molecule has 434 valence electrons. The van der Waals surface area contributed by atoms with E-state index in [-0.39, 0.29) is 52.6 Å². The predicted molar refractivity (Wildman–Crippen MR) is 301 cm³/mol. The zero-order valence-corrected chi connectivity index (χ0v) is 49.3. The van der Waals surface area contributed by atoms with Gasteiger partial charge in [-0.1, -0.05) is 71.9 Å². The fourth-order valence-corrected chi connectivity index (χ4v) is 13.5. The van der Waals surface area contributed by atoms with E-state index in [4.69, 9.17) is 14.2 Å². The monoisotopic (exact) mass is 1110 g/mol. The Balaban J connectivity index is 0.932. The fraction of sp³-hybridized carbons (Fsp3) is 0.650. The van der Waals surface area contributed by atoms with Crippen LogP contribution in [0.15, 0.2) is 53.1 Å². The van der Waals surface area contributed by atoms with E-state index in [1.54, 1.807) is 35.0 Å². The number of aliphatic carboxylic acids is 1. The first-order valence-corrected chi connectivity index (χ1v) is 29.2. The number of piperidine rings is 1. The van der Waals surface area contributed by atoms with E-state index in [1.807, 2.05) is 61.0 Å². The Morgan fingerprint density at radius 1 is 0.899 bits per heavy atom. The van der Waals surface area contributed by atoms with E-state index in [0.29, 0.717) is 87.5 Å². The molecule has 4 fully saturated rings. The molecule has 19 heteroatoms. The molecule has 0 bridgehead atoms. The van der Waals surface area contributed by atoms with Gasteiger partial charge in [0.2, 0.25) is 23.5 Å². The van der Waals surface area contributed by atoms with Crippen molar-refractivity contribution in [2.75, 3.05) is 54.0 Å². The first-order chi connectivity index (χ1) is 37.2. The Hall–Kier alpha value is -5.50. The lowest BCUT2D eigenvalue weighted by molar-refractivity contribution is -0.164. The minimum absolute atomic E-state index is 0.0118. The van der Waals surface area contributed by atoms with Crippen LogP contribution in [-0.4, -0.2) is 166 Å². The molecule has 79 heavy (non-hydrogen) atoms. The van der Waals surface area contributed by atoms with Crippen LogP contribution in [0, 0.1) is 17.3 Å². The molecule has 0 unspecified atom stereocenters. The summed E-state index contributed by atoms with van der Waals surface area (Å²) in [7, 11) is 5.07. The van der Waals surface area contributed by atoms with Crippen LogP contribution in [0.2, 0.25) is 0 Å². The number of rotatable bonds is 24. The molecule has 0 radical (unpaired) electrons. The third kappa shape index (κ3) is 13.6. The first kappa shape index (κ1) is 61.1. The lowest BCUT2D eigenvalue weighted by atomic mass is 9.77. The van der Waals surface area contributed by atoms with Crippen LogP contribution in [-0.2, 0) is 50.1 Å². The lowest BCUT2D eigenvalue weighted by Crippen LogP contribution is -2.63. The number of aryl methyl sites for hydroxylation is 1. The molecule has 5 aliphatic heterocycles. The number of β-lactam (4-membered cyclic amide) rings is 1. The summed E-state index contributed by atoms with van der Waals surface area (Å²) in [6, 6.07) is 12.0. The molecule has 4 saturated heterocycles. The van der Waals surface area contributed by atoms with Gasteiger partial charge in [-0.05, 0) is 126 Å². The Bertz CT molecular complexity index is 2650. The number of carbonyl (C=O) groups excluding carboxylic acids is 6. The van der Waals surface area contributed by atoms with Crippen molar-refractivity contribution in [3.05, 3.63) is 69.8 Å². The fourth-order valence-electron chi connectivity index (χ4n) is 11.9. The molecule has 9 atom stereocenters. The standard InChI is InChI=1S/C60H86N6O12S/c1-13-58(4,5)52(69)55(72)65-27-15-14-19-42(65)57(75)78-44(22-20-37-21-23-45(76-11)46(29-37)77-12)38-17-16-18-39(30-38)59(6,7)25-26-60(8,9)61-32-47(68)62-40-24-28-64(33-40)53(70)43-31-41(34-63(43)10)79-51-35(2)49-48(36(3)67)54(71)66(49)50(51)56(73)74/h16-18,21,23,29-30,35-36,40-44,48-49,61,67H,13-15,19-20,22,24-28,31-34H2,1-12H3,(H,62,68)(H,73,74)/t35-,36-,40+,41+,42+,43+,44-,48-,49-/m1/s1. The van der Waals surface area contributed by atoms with Crippen molar-refractivity contribution in [3.63, 3.8) is 0 Å². The number of nitrogens with one attached hydrogen (secondary N) is 2. The Morgan fingerprint density at radius 3 is 2.29 bits per heavy atom. The number of aliphatic hydroxyl groups excluding tert-OH is 1. The van der Waals surface area contributed by atoms with Crippen molar-refractivity contribution >= 4 is 53.1 Å². The quantitative estimate of drug-likeness (QED) is 0.0507. The number of esters is 1. The van der Waals surface area contributed by atoms with Crippen LogP contribution in [0.3, 0.4) is 0 Å². The summed E-state index contributed by atoms with van der Waals surface area (Å²) in [5, 5.41) is 26.9. The maximum atomic E-state index is 14.3. The number of fused-ring (bicyclic) bond motifs is 1. The van der Waals surface area contributed by atoms with Gasteiger partial charge in [0, 0.05) is 59.2 Å². The SMILES string of the molecule is CCC(C)(C)C(=O)C(=O)N1CCCC[C@H]1C(=O)O[C@H](CCc1ccc(OC)c(OC)c1)c1cccc(C(C)(C)CCC(C)(C)NCC(=O)N[C@H]2CCN(C(=O)[C@@H]3C[C@H](SC4=C(C(=O)O)N5C(=O)[C@H]([C@@H](C)O)[C@H]5[C@H]4C)CN3C)C2)c1. The number of aliphatic hydroxyl groups is 1. The largest absolute Gasteiger partial charge is 0.493 e. The first-order valence-electron chi connectivity index (χ1n) is 28.3. The second kappa shape index (κ2) is 25.1. The number of carbonyl (C=O) groups is 7. The summed E-state index contributed by atoms with van der Waals surface area (Å²) in [5.41, 5.74) is 1.20. The van der Waals surface area contributed by atoms with Crippen molar-refractivity contribution in [1.82, 2.24) is 30.2 Å². The van der Waals surface area contributed by atoms with Crippen molar-refractivity contribution in [3.8, 4) is 11.5 Å². The number of carboxylic acid groups (broad SMARTS) is 1. The summed E-state index contributed by atoms with van der Waals surface area (Å²) in [5.74, 6) is -3.08. The van der Waals surface area contributed by atoms with Gasteiger partial charge in [0.1, 0.15) is 17.8 Å². The number of Topliss-reactive ketones (excluding diaryl/α,β-unsaturated/α-hetero) is 1. The number of ketones is 1. The summed E-state index contributed by atoms with van der Waals surface area (Å²) < 4.78 is 17.5. The van der Waals surface area contributed by atoms with E-state index in [1.165, 1.54) is 21.6 Å². The third-order valence-electron chi connectivity index (χ3n) is 17.5. The molecule has 18 nitrogen and oxygen atoms in total. The van der Waals surface area contributed by atoms with Crippen LogP contribution in [0.1, 0.15) is 143 Å². The number of likely N-dealkylation sites (tertiary alicyclic amines) is 3. The number of likely N-dealkylation sites (N-methyl/N-ethyl adjacent to an activating group) is 1. The lowest BCUT2D eigenvalue weighted by Gasteiger charge is -2.46. The molecule has 5 heterocycles. The van der Waals surface area contributed by atoms with Gasteiger partial charge in [-0.25, -0.2) is 9.59 Å². The highest BCUT2D eigenvalue weighted by atomic mass is 32.2. The summed E-state index contributed by atoms with van der Waals surface area (Å²) in [4.78, 5) is 101. The molecule has 7 rings (SSSR count). The van der Waals surface area contributed by atoms with Crippen LogP contribution in [0.5, 0.6) is 11.5 Å². The van der Waals surface area contributed by atoms with Gasteiger partial charge in [0.05, 0.1) is 44.9 Å². The highest BCUT2D eigenvalue weighted by molar-refractivity contribution is 8.03. The number of benzene rings is 2. The van der Waals surface area contributed by atoms with Gasteiger partial charge in [-0.15, -0.1) is 11.8 Å². The van der Waals surface area contributed by atoms with Crippen LogP contribution >= 0.6 is 11.8 Å². The number of hydrogen-bond donors (Lipinski definition) is 4. The van der Waals surface area contributed by atoms with E-state index >= 15 is 0 Å². The zero-order valence-electron chi connectivity index (χ0n) is 48.5. The summed E-state index contributed by atoms with van der Waals surface area (Å²) >= 11 is 1.43. The highest BCUT2D eigenvalue weighted by Gasteiger charge is 2.60. The van der Waals surface area contributed by atoms with Gasteiger partial charge >= 0.3 is 11.9 Å². The molecule has 2 aromatic carbocycles. The molecule has 2 aromatic rings. The average Bonchev–Trinajstić information content (AvgIpc) is 4.15. The minimum atomic E-state index is -1.17. The normalized spacial score (nSPS) is 24.4. The molecule has 0 saturated carbocycles. The molecule has 4 amide bonds. The van der Waals surface area contributed by atoms with Gasteiger partial charge in [0.25, 0.3) is 5.91 Å². The van der Waals surface area contributed by atoms with Crippen molar-refractivity contribution in [1.29, 1.82) is 0 Å². The number of ether oxygens (including phenoxy) is 3. The molecule has 0 aliphatic carbocycles. The minimum Gasteiger partial charge on any atom is -0.493 e. The summed E-state index contributed by atoms with van der Waals surface area (Å²) in [6.45, 7) is 19.2. The van der Waals surface area contributed by atoms with E-state index in [2.05, 4.69) is 50.5 Å². The van der Waals surface area contributed by atoms with Gasteiger partial charge < -0.3 is 49.8 Å². The molecular formula is C60H86N6O12S. The maximum Gasteiger partial charge on any atom is 0.353 e. The Kier molecular flexibility index (Phi) is 19.4. The zero-order chi connectivity index (χ0) is 57.9. The highest BCUT2D eigenvalue weighted by Crippen LogP contribution is 2.52. The second-order valence-electron chi connectivity index (χ2n) is 24.5. The molecule has 4 N–H and O–H groups in total. The van der Waals surface area contributed by atoms with E-state index in [9.17, 15) is 43.8 Å². The van der Waals surface area contributed by atoms with Crippen molar-refractivity contribution in [2.24, 2.45) is 17.3 Å². The molecule has 5 aliphatic rings. The predicted octanol–water partition coefficient (Wildman–Crippen LogP) is 6.41. The average molecular weight is 1120 g/mol. The van der Waals surface area contributed by atoms with Gasteiger partial charge in [-0.2, -0.15) is 0 Å². The smallest absolute Gasteiger partial charge is 0.353 e. The number of hydrogen-bond acceptors (Lipinski definition) is 14. The third-order valence-corrected chi connectivity index (χ3v) is 19.0. The molecule has 0 spiro atoms. The Morgan fingerprint density at radius 2 is 1.62 bits per heavy atom. The second-order valence-corrected chi connectivity index (χ2v) is 25.9. The number of carboxylic acids is 1. The molecular weight excluding hydrogens is 1030 g/mol. The van der Waals surface area contributed by atoms with Crippen molar-refractivity contribution in [2.45, 2.75) is 179 Å².